The van der Waals surface area contributed by atoms with Crippen molar-refractivity contribution in [3.8, 4) is 0 Å². The van der Waals surface area contributed by atoms with Crippen LogP contribution in [0, 0.1) is 17.8 Å². The molecule has 2 amide bonds. The van der Waals surface area contributed by atoms with Crippen LogP contribution in [0.4, 0.5) is 0 Å². The van der Waals surface area contributed by atoms with Gasteiger partial charge in [0.1, 0.15) is 6.04 Å². The molecule has 8 atom stereocenters. The minimum Gasteiger partial charge on any atom is -0.466 e. The maximum Gasteiger partial charge on any atom is 0.310 e. The van der Waals surface area contributed by atoms with Crippen LogP contribution in [0.15, 0.2) is 12.7 Å². The Hall–Kier alpha value is -1.54. The van der Waals surface area contributed by atoms with Gasteiger partial charge in [-0.2, -0.15) is 0 Å². The normalized spacial score (nSPS) is 32.3. The van der Waals surface area contributed by atoms with Crippen molar-refractivity contribution < 1.29 is 24.2 Å². The van der Waals surface area contributed by atoms with Crippen LogP contribution in [-0.2, 0) is 19.1 Å². The smallest absolute Gasteiger partial charge is 0.310 e. The second-order valence-electron chi connectivity index (χ2n) is 10.1. The molecule has 3 saturated heterocycles. The lowest BCUT2D eigenvalue weighted by molar-refractivity contribution is -0.154. The van der Waals surface area contributed by atoms with Crippen LogP contribution in [0.3, 0.4) is 0 Å². The lowest BCUT2D eigenvalue weighted by atomic mass is 9.71. The summed E-state index contributed by atoms with van der Waals surface area (Å²) >= 11 is 1.65. The van der Waals surface area contributed by atoms with Gasteiger partial charge in [-0.05, 0) is 39.0 Å². The number of carbonyl (C=O) groups is 3. The quantitative estimate of drug-likeness (QED) is 0.331. The van der Waals surface area contributed by atoms with Crippen LogP contribution in [0.5, 0.6) is 0 Å². The van der Waals surface area contributed by atoms with Crippen molar-refractivity contribution in [2.24, 2.45) is 17.8 Å². The van der Waals surface area contributed by atoms with Crippen molar-refractivity contribution in [1.29, 1.82) is 0 Å². The molecule has 3 unspecified atom stereocenters. The number of nitrogens with zero attached hydrogens (tertiary/aromatic N) is 2. The number of aliphatic hydroxyl groups is 1. The van der Waals surface area contributed by atoms with E-state index in [4.69, 9.17) is 4.74 Å². The molecule has 8 heteroatoms. The first-order chi connectivity index (χ1) is 16.2. The number of carbonyl (C=O) groups excluding carboxylic acids is 3. The molecule has 0 saturated carbocycles. The van der Waals surface area contributed by atoms with Gasteiger partial charge in [-0.15, -0.1) is 18.3 Å². The minimum atomic E-state index is -0.704. The number of ether oxygens (including phenoxy) is 1. The molecule has 1 N–H and O–H groups in total. The van der Waals surface area contributed by atoms with E-state index in [-0.39, 0.29) is 48.2 Å². The van der Waals surface area contributed by atoms with Gasteiger partial charge in [-0.25, -0.2) is 0 Å². The number of fused-ring (bicyclic) bond motifs is 1. The molecule has 2 bridgehead atoms. The van der Waals surface area contributed by atoms with Gasteiger partial charge in [-0.1, -0.05) is 39.7 Å². The molecule has 34 heavy (non-hydrogen) atoms. The van der Waals surface area contributed by atoms with Crippen LogP contribution in [0.25, 0.3) is 0 Å². The molecule has 3 fully saturated rings. The Morgan fingerprint density at radius 2 is 2.06 bits per heavy atom. The number of aliphatic hydroxyl groups excluding tert-OH is 1. The largest absolute Gasteiger partial charge is 0.466 e. The van der Waals surface area contributed by atoms with E-state index >= 15 is 0 Å². The molecule has 0 aromatic heterocycles. The van der Waals surface area contributed by atoms with E-state index < -0.39 is 28.7 Å². The van der Waals surface area contributed by atoms with Crippen molar-refractivity contribution in [2.45, 2.75) is 94.8 Å². The fourth-order valence-electron chi connectivity index (χ4n) is 6.41. The summed E-state index contributed by atoms with van der Waals surface area (Å²) in [5, 5.41) is 10.4. The Bertz CT molecular complexity index is 791. The second-order valence-corrected chi connectivity index (χ2v) is 11.7. The summed E-state index contributed by atoms with van der Waals surface area (Å²) in [6.45, 7) is 14.3. The highest BCUT2D eigenvalue weighted by Gasteiger charge is 2.75. The Morgan fingerprint density at radius 1 is 1.35 bits per heavy atom. The zero-order valence-corrected chi connectivity index (χ0v) is 22.2. The molecule has 3 rings (SSSR count). The van der Waals surface area contributed by atoms with Crippen molar-refractivity contribution in [1.82, 2.24) is 9.80 Å². The first-order valence-electron chi connectivity index (χ1n) is 12.9. The fourth-order valence-corrected chi connectivity index (χ4v) is 8.59. The molecular weight excluding hydrogens is 452 g/mol. The van der Waals surface area contributed by atoms with Crippen LogP contribution in [0.1, 0.15) is 66.7 Å². The van der Waals surface area contributed by atoms with Crippen molar-refractivity contribution in [3.05, 3.63) is 12.7 Å². The summed E-state index contributed by atoms with van der Waals surface area (Å²) in [5.41, 5.74) is 0. The van der Waals surface area contributed by atoms with Crippen LogP contribution in [-0.4, -0.2) is 80.6 Å². The Morgan fingerprint density at radius 3 is 2.62 bits per heavy atom. The topological polar surface area (TPSA) is 87.2 Å². The first kappa shape index (κ1) is 27.1. The van der Waals surface area contributed by atoms with Gasteiger partial charge >= 0.3 is 5.97 Å². The molecule has 3 heterocycles. The zero-order chi connectivity index (χ0) is 25.2. The highest BCUT2D eigenvalue weighted by Crippen LogP contribution is 2.67. The lowest BCUT2D eigenvalue weighted by Gasteiger charge is -2.42. The maximum absolute atomic E-state index is 14.3. The Labute approximate surface area is 208 Å². The highest BCUT2D eigenvalue weighted by atomic mass is 32.2. The van der Waals surface area contributed by atoms with Crippen LogP contribution < -0.4 is 0 Å². The molecule has 0 aliphatic carbocycles. The average Bonchev–Trinajstić information content (AvgIpc) is 3.45. The van der Waals surface area contributed by atoms with E-state index in [1.54, 1.807) is 29.7 Å². The van der Waals surface area contributed by atoms with Crippen molar-refractivity contribution in [3.63, 3.8) is 0 Å². The number of esters is 1. The number of rotatable bonds is 12. The summed E-state index contributed by atoms with van der Waals surface area (Å²) in [5.74, 6) is -1.70. The van der Waals surface area contributed by atoms with Crippen molar-refractivity contribution in [2.75, 3.05) is 19.8 Å². The zero-order valence-electron chi connectivity index (χ0n) is 21.4. The van der Waals surface area contributed by atoms with E-state index in [0.717, 1.165) is 25.7 Å². The van der Waals surface area contributed by atoms with E-state index in [9.17, 15) is 19.5 Å². The SMILES string of the molecule is C=CCN(C(=O)C1N([C@@H](CO)[C@@H](C)CC)C(=O)[C@@H]2[C@@H](C(=O)OCC)[C@H]3CCC12S3)C(C)CCC. The molecule has 0 aromatic rings. The maximum atomic E-state index is 14.3. The number of hydrogen-bond acceptors (Lipinski definition) is 6. The third-order valence-corrected chi connectivity index (χ3v) is 10.2. The molecule has 7 nitrogen and oxygen atoms in total. The summed E-state index contributed by atoms with van der Waals surface area (Å²) in [7, 11) is 0. The van der Waals surface area contributed by atoms with Gasteiger partial charge in [0.25, 0.3) is 0 Å². The Balaban J connectivity index is 2.11. The monoisotopic (exact) mass is 494 g/mol. The standard InChI is InChI=1S/C26H42N2O5S/c1-7-11-17(6)27(14-8-2)24(31)22-26-13-12-19(34-26)20(25(32)33-10-4)21(26)23(30)28(22)18(15-29)16(5)9-3/h8,16-22,29H,2,7,9-15H2,1,3-6H3/t16-,17?,18-,19+,20-,21-,22?,26?/m0/s1. The molecule has 0 radical (unpaired) electrons. The summed E-state index contributed by atoms with van der Waals surface area (Å²) < 4.78 is 4.73. The van der Waals surface area contributed by atoms with Gasteiger partial charge in [-0.3, -0.25) is 14.4 Å². The summed E-state index contributed by atoms with van der Waals surface area (Å²) in [6.07, 6.45) is 5.80. The first-order valence-corrected chi connectivity index (χ1v) is 13.8. The minimum absolute atomic E-state index is 0.00327. The summed E-state index contributed by atoms with van der Waals surface area (Å²) in [6, 6.07) is -1.17. The van der Waals surface area contributed by atoms with Gasteiger partial charge < -0.3 is 19.6 Å². The van der Waals surface area contributed by atoms with E-state index in [2.05, 4.69) is 13.5 Å². The lowest BCUT2D eigenvalue weighted by Crippen LogP contribution is -2.59. The Kier molecular flexibility index (Phi) is 8.77. The summed E-state index contributed by atoms with van der Waals surface area (Å²) in [4.78, 5) is 45.0. The predicted molar refractivity (Wildman–Crippen MR) is 134 cm³/mol. The van der Waals surface area contributed by atoms with E-state index in [0.29, 0.717) is 13.0 Å². The molecule has 3 aliphatic rings. The molecule has 3 aliphatic heterocycles. The molecular formula is C26H42N2O5S. The number of likely N-dealkylation sites (tertiary alicyclic amines) is 1. The van der Waals surface area contributed by atoms with Gasteiger partial charge in [0, 0.05) is 17.8 Å². The third-order valence-electron chi connectivity index (χ3n) is 8.22. The van der Waals surface area contributed by atoms with Crippen LogP contribution in [0.2, 0.25) is 0 Å². The number of amides is 2. The third kappa shape index (κ3) is 4.29. The van der Waals surface area contributed by atoms with Gasteiger partial charge in [0.05, 0.1) is 35.8 Å². The number of thioether (sulfide) groups is 1. The van der Waals surface area contributed by atoms with Crippen molar-refractivity contribution >= 4 is 29.5 Å². The van der Waals surface area contributed by atoms with E-state index in [1.165, 1.54) is 0 Å². The number of hydrogen-bond donors (Lipinski definition) is 1. The average molecular weight is 495 g/mol. The predicted octanol–water partition coefficient (Wildman–Crippen LogP) is 3.25. The van der Waals surface area contributed by atoms with E-state index in [1.807, 2.05) is 25.7 Å². The molecule has 0 aromatic carbocycles. The highest BCUT2D eigenvalue weighted by molar-refractivity contribution is 8.02. The van der Waals surface area contributed by atoms with Gasteiger partial charge in [0.2, 0.25) is 11.8 Å². The van der Waals surface area contributed by atoms with Crippen LogP contribution >= 0.6 is 11.8 Å². The fraction of sp³-hybridized carbons (Fsp3) is 0.808. The molecule has 192 valence electrons. The van der Waals surface area contributed by atoms with Gasteiger partial charge in [0.15, 0.2) is 0 Å². The second kappa shape index (κ2) is 11.0. The molecule has 1 spiro atoms.